The van der Waals surface area contributed by atoms with Crippen LogP contribution in [-0.2, 0) is 19.1 Å². The van der Waals surface area contributed by atoms with Crippen LogP contribution in [0.1, 0.15) is 44.4 Å². The number of halogens is 2. The van der Waals surface area contributed by atoms with Gasteiger partial charge in [0.05, 0.1) is 33.8 Å². The third-order valence-corrected chi connectivity index (χ3v) is 9.16. The van der Waals surface area contributed by atoms with E-state index in [4.69, 9.17) is 16.3 Å². The number of anilines is 2. The van der Waals surface area contributed by atoms with Gasteiger partial charge in [-0.15, -0.1) is 0 Å². The van der Waals surface area contributed by atoms with Gasteiger partial charge in [-0.2, -0.15) is 0 Å². The van der Waals surface area contributed by atoms with Crippen molar-refractivity contribution in [2.24, 2.45) is 11.8 Å². The molecule has 4 aromatic carbocycles. The number of imide groups is 1. The molecule has 1 heterocycles. The molecule has 1 aliphatic heterocycles. The minimum atomic E-state index is -0.713. The van der Waals surface area contributed by atoms with Gasteiger partial charge in [0, 0.05) is 16.3 Å². The topological polar surface area (TPSA) is 92.8 Å². The van der Waals surface area contributed by atoms with Gasteiger partial charge in [0.25, 0.3) is 5.91 Å². The molecule has 0 aromatic heterocycles. The maximum Gasteiger partial charge on any atom is 0.338 e. The van der Waals surface area contributed by atoms with Crippen LogP contribution in [0.4, 0.5) is 11.4 Å². The molecule has 0 saturated carbocycles. The molecule has 7 nitrogen and oxygen atoms in total. The fourth-order valence-electron chi connectivity index (χ4n) is 6.67. The molecule has 4 aliphatic rings. The Morgan fingerprint density at radius 1 is 0.786 bits per heavy atom. The van der Waals surface area contributed by atoms with Crippen molar-refractivity contribution >= 4 is 62.6 Å². The molecule has 0 spiro atoms. The van der Waals surface area contributed by atoms with Crippen LogP contribution >= 0.6 is 27.5 Å². The molecule has 3 aliphatic carbocycles. The van der Waals surface area contributed by atoms with Crippen LogP contribution in [0.15, 0.2) is 95.5 Å². The quantitative estimate of drug-likeness (QED) is 0.204. The van der Waals surface area contributed by atoms with E-state index < -0.39 is 30.3 Å². The third kappa shape index (κ3) is 4.16. The Bertz CT molecular complexity index is 1690. The van der Waals surface area contributed by atoms with Crippen molar-refractivity contribution in [1.29, 1.82) is 0 Å². The van der Waals surface area contributed by atoms with Crippen molar-refractivity contribution < 1.29 is 23.9 Å². The van der Waals surface area contributed by atoms with Crippen molar-refractivity contribution in [3.63, 3.8) is 0 Å². The van der Waals surface area contributed by atoms with Gasteiger partial charge in [-0.05, 0) is 64.7 Å². The van der Waals surface area contributed by atoms with E-state index in [9.17, 15) is 19.2 Å². The highest BCUT2D eigenvalue weighted by molar-refractivity contribution is 9.10. The molecule has 4 aromatic rings. The number of esters is 1. The standard InChI is InChI=1S/C33H22BrClN2O5/c34-18-11-14-25(24(35)15-18)36-26(38)16-42-33(41)17-9-12-19(13-10-17)37-31(39)29-27-20-5-1-2-6-21(20)28(30(29)32(37)40)23-8-4-3-7-22(23)27/h1-15,27-30H,16H2,(H,36,38)/t27?,28?,29-,30-/m0/s1. The number of rotatable bonds is 5. The van der Waals surface area contributed by atoms with E-state index in [2.05, 4.69) is 45.5 Å². The summed E-state index contributed by atoms with van der Waals surface area (Å²) in [5.41, 5.74) is 5.40. The zero-order chi connectivity index (χ0) is 29.1. The van der Waals surface area contributed by atoms with E-state index in [1.807, 2.05) is 24.3 Å². The SMILES string of the molecule is O=C(COC(=O)c1ccc(N2C(=O)[C@H]3C4c5ccccc5C(c5ccccc54)[C@@H]3C2=O)cc1)Nc1ccc(Br)cc1Cl. The summed E-state index contributed by atoms with van der Waals surface area (Å²) in [6.07, 6.45) is 0. The van der Waals surface area contributed by atoms with E-state index in [-0.39, 0.29) is 29.2 Å². The van der Waals surface area contributed by atoms with Gasteiger partial charge in [0.1, 0.15) is 0 Å². The highest BCUT2D eigenvalue weighted by Gasteiger charge is 2.61. The maximum absolute atomic E-state index is 13.9. The number of hydrogen-bond donors (Lipinski definition) is 1. The average molecular weight is 642 g/mol. The molecule has 0 radical (unpaired) electrons. The lowest BCUT2D eigenvalue weighted by Crippen LogP contribution is -2.41. The molecule has 9 heteroatoms. The van der Waals surface area contributed by atoms with Gasteiger partial charge in [-0.1, -0.05) is 76.1 Å². The first-order chi connectivity index (χ1) is 20.3. The van der Waals surface area contributed by atoms with E-state index in [1.54, 1.807) is 30.3 Å². The summed E-state index contributed by atoms with van der Waals surface area (Å²) in [4.78, 5) is 54.0. The second-order valence-corrected chi connectivity index (χ2v) is 11.9. The summed E-state index contributed by atoms with van der Waals surface area (Å²) in [6, 6.07) is 27.3. The molecule has 2 atom stereocenters. The molecule has 208 valence electrons. The molecule has 8 rings (SSSR count). The van der Waals surface area contributed by atoms with Gasteiger partial charge in [0.2, 0.25) is 11.8 Å². The molecule has 1 fully saturated rings. The van der Waals surface area contributed by atoms with Crippen LogP contribution in [-0.4, -0.2) is 30.3 Å². The summed E-state index contributed by atoms with van der Waals surface area (Å²) in [7, 11) is 0. The molecule has 3 amide bonds. The Labute approximate surface area is 254 Å². The largest absolute Gasteiger partial charge is 0.452 e. The zero-order valence-corrected chi connectivity index (χ0v) is 24.3. The Morgan fingerprint density at radius 2 is 1.31 bits per heavy atom. The molecule has 0 unspecified atom stereocenters. The number of carbonyl (C=O) groups is 4. The molecule has 42 heavy (non-hydrogen) atoms. The van der Waals surface area contributed by atoms with Crippen molar-refractivity contribution in [2.45, 2.75) is 11.8 Å². The van der Waals surface area contributed by atoms with Gasteiger partial charge in [-0.3, -0.25) is 14.4 Å². The van der Waals surface area contributed by atoms with Crippen LogP contribution in [0.3, 0.4) is 0 Å². The van der Waals surface area contributed by atoms with E-state index in [0.717, 1.165) is 26.7 Å². The lowest BCUT2D eigenvalue weighted by atomic mass is 9.55. The predicted octanol–water partition coefficient (Wildman–Crippen LogP) is 6.29. The minimum Gasteiger partial charge on any atom is -0.452 e. The van der Waals surface area contributed by atoms with E-state index in [0.29, 0.717) is 16.4 Å². The molecular formula is C33H22BrClN2O5. The van der Waals surface area contributed by atoms with Crippen molar-refractivity contribution in [3.05, 3.63) is 128 Å². The monoisotopic (exact) mass is 640 g/mol. The highest BCUT2D eigenvalue weighted by atomic mass is 79.9. The van der Waals surface area contributed by atoms with Crippen LogP contribution in [0.2, 0.25) is 5.02 Å². The van der Waals surface area contributed by atoms with Gasteiger partial charge in [-0.25, -0.2) is 9.69 Å². The van der Waals surface area contributed by atoms with Crippen LogP contribution in [0, 0.1) is 11.8 Å². The van der Waals surface area contributed by atoms with Gasteiger partial charge >= 0.3 is 5.97 Å². The van der Waals surface area contributed by atoms with Gasteiger partial charge in [0.15, 0.2) is 6.61 Å². The van der Waals surface area contributed by atoms with Crippen LogP contribution in [0.25, 0.3) is 0 Å². The summed E-state index contributed by atoms with van der Waals surface area (Å²) < 4.78 is 5.93. The fraction of sp³-hybridized carbons (Fsp3) is 0.152. The number of amides is 3. The fourth-order valence-corrected chi connectivity index (χ4v) is 7.39. The normalized spacial score (nSPS) is 21.4. The van der Waals surface area contributed by atoms with Crippen LogP contribution < -0.4 is 10.2 Å². The molecule has 1 saturated heterocycles. The first-order valence-corrected chi connectivity index (χ1v) is 14.6. The zero-order valence-electron chi connectivity index (χ0n) is 21.9. The van der Waals surface area contributed by atoms with E-state index in [1.165, 1.54) is 17.0 Å². The lowest BCUT2D eigenvalue weighted by Gasteiger charge is -2.45. The number of ether oxygens (including phenoxy) is 1. The highest BCUT2D eigenvalue weighted by Crippen LogP contribution is 2.61. The summed E-state index contributed by atoms with van der Waals surface area (Å²) in [5.74, 6) is -3.09. The van der Waals surface area contributed by atoms with Crippen LogP contribution in [0.5, 0.6) is 0 Å². The third-order valence-electron chi connectivity index (χ3n) is 8.35. The smallest absolute Gasteiger partial charge is 0.338 e. The predicted molar refractivity (Wildman–Crippen MR) is 161 cm³/mol. The number of carbonyl (C=O) groups excluding carboxylic acids is 4. The second kappa shape index (κ2) is 10.2. The first kappa shape index (κ1) is 26.6. The Kier molecular flexibility index (Phi) is 6.48. The van der Waals surface area contributed by atoms with Crippen molar-refractivity contribution in [3.8, 4) is 0 Å². The number of nitrogens with one attached hydrogen (secondary N) is 1. The molecule has 1 N–H and O–H groups in total. The van der Waals surface area contributed by atoms with Crippen molar-refractivity contribution in [1.82, 2.24) is 0 Å². The summed E-state index contributed by atoms with van der Waals surface area (Å²) in [6.45, 7) is -0.511. The first-order valence-electron chi connectivity index (χ1n) is 13.4. The summed E-state index contributed by atoms with van der Waals surface area (Å²) >= 11 is 9.42. The Hall–Kier alpha value is -4.27. The maximum atomic E-state index is 13.9. The minimum absolute atomic E-state index is 0.185. The number of hydrogen-bond acceptors (Lipinski definition) is 5. The Morgan fingerprint density at radius 3 is 1.81 bits per heavy atom. The lowest BCUT2D eigenvalue weighted by molar-refractivity contribution is -0.122. The number of benzene rings is 4. The number of nitrogens with zero attached hydrogens (tertiary/aromatic N) is 1. The van der Waals surface area contributed by atoms with Crippen molar-refractivity contribution in [2.75, 3.05) is 16.8 Å². The average Bonchev–Trinajstić information content (AvgIpc) is 3.27. The van der Waals surface area contributed by atoms with E-state index >= 15 is 0 Å². The molecular weight excluding hydrogens is 620 g/mol. The second-order valence-electron chi connectivity index (χ2n) is 10.6. The summed E-state index contributed by atoms with van der Waals surface area (Å²) in [5, 5.41) is 2.94. The Balaban J connectivity index is 1.08. The van der Waals surface area contributed by atoms with Gasteiger partial charge < -0.3 is 10.1 Å². The molecule has 2 bridgehead atoms.